The summed E-state index contributed by atoms with van der Waals surface area (Å²) in [6.07, 6.45) is 6.76. The normalized spacial score (nSPS) is 15.1. The van der Waals surface area contributed by atoms with Crippen molar-refractivity contribution >= 4 is 29.9 Å². The van der Waals surface area contributed by atoms with Crippen molar-refractivity contribution in [2.45, 2.75) is 58.9 Å². The van der Waals surface area contributed by atoms with Gasteiger partial charge < -0.3 is 19.9 Å². The van der Waals surface area contributed by atoms with Crippen molar-refractivity contribution in [3.8, 4) is 11.5 Å². The molecule has 1 saturated carbocycles. The van der Waals surface area contributed by atoms with Gasteiger partial charge in [0.05, 0.1) is 6.54 Å². The largest absolute Gasteiger partial charge is 0.385 e. The summed E-state index contributed by atoms with van der Waals surface area (Å²) in [7, 11) is 1.78. The molecule has 1 heterocycles. The number of benzene rings is 1. The zero-order valence-electron chi connectivity index (χ0n) is 18.9. The Labute approximate surface area is 202 Å². The van der Waals surface area contributed by atoms with Crippen LogP contribution in [-0.2, 0) is 17.7 Å². The van der Waals surface area contributed by atoms with Gasteiger partial charge in [-0.05, 0) is 55.7 Å². The summed E-state index contributed by atoms with van der Waals surface area (Å²) in [5.74, 6) is 2.18. The summed E-state index contributed by atoms with van der Waals surface area (Å²) >= 11 is 0. The molecule has 0 amide bonds. The van der Waals surface area contributed by atoms with Crippen LogP contribution >= 0.6 is 24.0 Å². The first-order valence-electron chi connectivity index (χ1n) is 11.1. The van der Waals surface area contributed by atoms with E-state index in [-0.39, 0.29) is 24.0 Å². The summed E-state index contributed by atoms with van der Waals surface area (Å²) in [5, 5.41) is 11.0. The second-order valence-electron chi connectivity index (χ2n) is 8.11. The molecule has 1 fully saturated rings. The van der Waals surface area contributed by atoms with Crippen molar-refractivity contribution in [2.24, 2.45) is 10.4 Å². The number of guanidine groups is 1. The second kappa shape index (κ2) is 13.0. The number of aromatic nitrogens is 2. The van der Waals surface area contributed by atoms with Gasteiger partial charge in [0.15, 0.2) is 11.8 Å². The molecule has 1 aromatic carbocycles. The SMILES string of the molecule is CCCc1noc(-c2cccc(CN=C(NCC)NCC3(CCOC)CCC3)c2)n1.I. The highest BCUT2D eigenvalue weighted by Gasteiger charge is 2.36. The number of rotatable bonds is 11. The maximum atomic E-state index is 5.42. The number of hydrogen-bond acceptors (Lipinski definition) is 5. The van der Waals surface area contributed by atoms with E-state index in [1.165, 1.54) is 19.3 Å². The van der Waals surface area contributed by atoms with E-state index in [1.807, 2.05) is 12.1 Å². The molecule has 0 spiro atoms. The van der Waals surface area contributed by atoms with Gasteiger partial charge in [-0.3, -0.25) is 0 Å². The Hall–Kier alpha value is -1.68. The van der Waals surface area contributed by atoms with Gasteiger partial charge in [0.2, 0.25) is 0 Å². The van der Waals surface area contributed by atoms with Crippen LogP contribution in [0.2, 0.25) is 0 Å². The average Bonchev–Trinajstić information content (AvgIpc) is 3.20. The molecule has 0 unspecified atom stereocenters. The molecule has 3 rings (SSSR count). The number of aryl methyl sites for hydroxylation is 1. The van der Waals surface area contributed by atoms with Gasteiger partial charge >= 0.3 is 0 Å². The molecule has 7 nitrogen and oxygen atoms in total. The highest BCUT2D eigenvalue weighted by atomic mass is 127. The lowest BCUT2D eigenvalue weighted by Crippen LogP contribution is -2.46. The number of hydrogen-bond donors (Lipinski definition) is 2. The Balaban J connectivity index is 0.00000341. The molecule has 0 bridgehead atoms. The number of aliphatic imine (C=N–C) groups is 1. The molecule has 2 N–H and O–H groups in total. The molecule has 0 saturated heterocycles. The second-order valence-corrected chi connectivity index (χ2v) is 8.11. The van der Waals surface area contributed by atoms with E-state index in [0.717, 1.165) is 61.9 Å². The molecule has 0 aliphatic heterocycles. The van der Waals surface area contributed by atoms with Gasteiger partial charge in [0.25, 0.3) is 5.89 Å². The lowest BCUT2D eigenvalue weighted by Gasteiger charge is -2.42. The fourth-order valence-corrected chi connectivity index (χ4v) is 3.79. The molecule has 1 aromatic heterocycles. The summed E-state index contributed by atoms with van der Waals surface area (Å²) in [6.45, 7) is 7.37. The van der Waals surface area contributed by atoms with Gasteiger partial charge in [-0.15, -0.1) is 24.0 Å². The summed E-state index contributed by atoms with van der Waals surface area (Å²) < 4.78 is 10.7. The number of nitrogens with zero attached hydrogens (tertiary/aromatic N) is 3. The van der Waals surface area contributed by atoms with E-state index in [1.54, 1.807) is 7.11 Å². The summed E-state index contributed by atoms with van der Waals surface area (Å²) in [6, 6.07) is 8.16. The predicted octanol–water partition coefficient (Wildman–Crippen LogP) is 4.57. The molecule has 1 aliphatic carbocycles. The molecular formula is C23H36IN5O2. The van der Waals surface area contributed by atoms with Gasteiger partial charge in [0.1, 0.15) is 0 Å². The van der Waals surface area contributed by atoms with E-state index >= 15 is 0 Å². The van der Waals surface area contributed by atoms with E-state index in [4.69, 9.17) is 14.3 Å². The number of nitrogens with one attached hydrogen (secondary N) is 2. The lowest BCUT2D eigenvalue weighted by atomic mass is 9.67. The molecule has 31 heavy (non-hydrogen) atoms. The topological polar surface area (TPSA) is 84.6 Å². The fourth-order valence-electron chi connectivity index (χ4n) is 3.79. The average molecular weight is 541 g/mol. The van der Waals surface area contributed by atoms with Crippen LogP contribution in [0.15, 0.2) is 33.8 Å². The first kappa shape index (κ1) is 25.6. The first-order chi connectivity index (χ1) is 14.7. The van der Waals surface area contributed by atoms with Crippen molar-refractivity contribution in [1.82, 2.24) is 20.8 Å². The Bertz CT molecular complexity index is 820. The molecule has 172 valence electrons. The monoisotopic (exact) mass is 541 g/mol. The van der Waals surface area contributed by atoms with Gasteiger partial charge in [0, 0.05) is 38.8 Å². The van der Waals surface area contributed by atoms with Crippen molar-refractivity contribution in [1.29, 1.82) is 0 Å². The maximum Gasteiger partial charge on any atom is 0.257 e. The van der Waals surface area contributed by atoms with E-state index < -0.39 is 0 Å². The van der Waals surface area contributed by atoms with Crippen LogP contribution in [0.3, 0.4) is 0 Å². The fraction of sp³-hybridized carbons (Fsp3) is 0.609. The van der Waals surface area contributed by atoms with Crippen LogP contribution in [0.25, 0.3) is 11.5 Å². The third-order valence-corrected chi connectivity index (χ3v) is 5.76. The molecular weight excluding hydrogens is 505 g/mol. The van der Waals surface area contributed by atoms with Gasteiger partial charge in [-0.1, -0.05) is 30.6 Å². The molecule has 1 aliphatic rings. The molecule has 0 atom stereocenters. The van der Waals surface area contributed by atoms with Crippen LogP contribution in [0, 0.1) is 5.41 Å². The third-order valence-electron chi connectivity index (χ3n) is 5.76. The Kier molecular flexibility index (Phi) is 10.7. The van der Waals surface area contributed by atoms with Crippen molar-refractivity contribution in [3.05, 3.63) is 35.7 Å². The zero-order valence-corrected chi connectivity index (χ0v) is 21.3. The summed E-state index contributed by atoms with van der Waals surface area (Å²) in [4.78, 5) is 9.28. The van der Waals surface area contributed by atoms with Crippen molar-refractivity contribution < 1.29 is 9.26 Å². The molecule has 8 heteroatoms. The number of ether oxygens (including phenoxy) is 1. The number of methoxy groups -OCH3 is 1. The van der Waals surface area contributed by atoms with Crippen LogP contribution in [0.1, 0.15) is 57.3 Å². The van der Waals surface area contributed by atoms with E-state index in [2.05, 4.69) is 46.8 Å². The van der Waals surface area contributed by atoms with Crippen molar-refractivity contribution in [3.63, 3.8) is 0 Å². The minimum absolute atomic E-state index is 0. The molecule has 2 aromatic rings. The zero-order chi connectivity index (χ0) is 21.2. The first-order valence-corrected chi connectivity index (χ1v) is 11.1. The quantitative estimate of drug-likeness (QED) is 0.247. The Morgan fingerprint density at radius 3 is 2.77 bits per heavy atom. The van der Waals surface area contributed by atoms with Crippen LogP contribution in [0.4, 0.5) is 0 Å². The van der Waals surface area contributed by atoms with Crippen LogP contribution in [-0.4, -0.2) is 42.9 Å². The third kappa shape index (κ3) is 7.45. The minimum Gasteiger partial charge on any atom is -0.385 e. The Morgan fingerprint density at radius 2 is 2.10 bits per heavy atom. The predicted molar refractivity (Wildman–Crippen MR) is 135 cm³/mol. The number of halogens is 1. The Morgan fingerprint density at radius 1 is 1.26 bits per heavy atom. The highest BCUT2D eigenvalue weighted by Crippen LogP contribution is 2.43. The minimum atomic E-state index is 0. The summed E-state index contributed by atoms with van der Waals surface area (Å²) in [5.41, 5.74) is 2.39. The lowest BCUT2D eigenvalue weighted by molar-refractivity contribution is 0.0732. The van der Waals surface area contributed by atoms with E-state index in [9.17, 15) is 0 Å². The maximum absolute atomic E-state index is 5.42. The highest BCUT2D eigenvalue weighted by molar-refractivity contribution is 14.0. The van der Waals surface area contributed by atoms with Gasteiger partial charge in [-0.2, -0.15) is 4.98 Å². The van der Waals surface area contributed by atoms with Crippen LogP contribution in [0.5, 0.6) is 0 Å². The standard InChI is InChI=1S/C23H35N5O2.HI/c1-4-8-20-27-21(30-28-20)19-10-6-9-18(15-19)16-25-22(24-5-2)26-17-23(11-7-12-23)13-14-29-3;/h6,9-10,15H,4-5,7-8,11-14,16-17H2,1-3H3,(H2,24,25,26);1H. The van der Waals surface area contributed by atoms with Crippen LogP contribution < -0.4 is 10.6 Å². The van der Waals surface area contributed by atoms with Gasteiger partial charge in [-0.25, -0.2) is 4.99 Å². The molecule has 0 radical (unpaired) electrons. The van der Waals surface area contributed by atoms with E-state index in [0.29, 0.717) is 17.9 Å². The van der Waals surface area contributed by atoms with Crippen molar-refractivity contribution in [2.75, 3.05) is 26.8 Å². The smallest absolute Gasteiger partial charge is 0.257 e.